The summed E-state index contributed by atoms with van der Waals surface area (Å²) in [7, 11) is -4.32. The van der Waals surface area contributed by atoms with Crippen LogP contribution in [0.3, 0.4) is 0 Å². The summed E-state index contributed by atoms with van der Waals surface area (Å²) in [6.45, 7) is 2.31. The van der Waals surface area contributed by atoms with Gasteiger partial charge in [0.05, 0.1) is 11.7 Å². The van der Waals surface area contributed by atoms with Crippen molar-refractivity contribution in [2.24, 2.45) is 5.92 Å². The molecule has 0 spiro atoms. The van der Waals surface area contributed by atoms with Crippen LogP contribution in [0.15, 0.2) is 91.1 Å². The Kier molecular flexibility index (Phi) is 10.4. The monoisotopic (exact) mass is 547 g/mol. The number of likely N-dealkylation sites (tertiary alicyclic amines) is 1. The zero-order valence-corrected chi connectivity index (χ0v) is 23.0. The number of aromatic nitrogens is 1. The molecule has 2 aromatic carbocycles. The van der Waals surface area contributed by atoms with Crippen LogP contribution < -0.4 is 0 Å². The normalized spacial score (nSPS) is 15.1. The molecule has 1 saturated heterocycles. The number of nitrogens with zero attached hydrogens (tertiary/aromatic N) is 3. The predicted octanol–water partition coefficient (Wildman–Crippen LogP) is 5.44. The number of piperidine rings is 1. The van der Waals surface area contributed by atoms with Crippen molar-refractivity contribution in [3.05, 3.63) is 108 Å². The third kappa shape index (κ3) is 9.13. The third-order valence-electron chi connectivity index (χ3n) is 7.25. The van der Waals surface area contributed by atoms with Gasteiger partial charge >= 0.3 is 0 Å². The molecular formula is C31H37N3O4S. The maximum Gasteiger partial charge on any atom is 0.283 e. The number of amides is 1. The van der Waals surface area contributed by atoms with E-state index in [-0.39, 0.29) is 12.6 Å². The van der Waals surface area contributed by atoms with Crippen molar-refractivity contribution < 1.29 is 17.8 Å². The van der Waals surface area contributed by atoms with Crippen LogP contribution in [-0.2, 0) is 14.9 Å². The molecule has 0 bridgehead atoms. The van der Waals surface area contributed by atoms with Gasteiger partial charge in [-0.2, -0.15) is 8.42 Å². The minimum atomic E-state index is -4.32. The number of rotatable bonds is 12. The Morgan fingerprint density at radius 1 is 0.949 bits per heavy atom. The molecule has 8 heteroatoms. The standard InChI is InChI=1S/C31H37N3O4S/c35-30(18-17-29-16-7-9-21-32-29)34(25-39(36,37)38)22-10-8-11-26-19-23-33(24-20-26)31(27-12-3-1-4-13-27)28-14-5-2-6-15-28/h1-7,9,12-18,21,26,31H,8,10-11,19-20,22-25H2,(H,36,37,38). The lowest BCUT2D eigenvalue weighted by atomic mass is 9.88. The Morgan fingerprint density at radius 3 is 2.13 bits per heavy atom. The first-order valence-electron chi connectivity index (χ1n) is 13.6. The highest BCUT2D eigenvalue weighted by molar-refractivity contribution is 7.85. The molecule has 0 aliphatic carbocycles. The van der Waals surface area contributed by atoms with Crippen LogP contribution in [0.1, 0.15) is 55.0 Å². The Hall–Kier alpha value is -3.33. The molecule has 39 heavy (non-hydrogen) atoms. The van der Waals surface area contributed by atoms with E-state index in [1.54, 1.807) is 30.5 Å². The number of unbranched alkanes of at least 4 members (excludes halogenated alkanes) is 1. The van der Waals surface area contributed by atoms with Crippen molar-refractivity contribution in [2.75, 3.05) is 25.5 Å². The topological polar surface area (TPSA) is 90.8 Å². The van der Waals surface area contributed by atoms with Gasteiger partial charge in [-0.15, -0.1) is 0 Å². The predicted molar refractivity (Wildman–Crippen MR) is 154 cm³/mol. The highest BCUT2D eigenvalue weighted by Gasteiger charge is 2.27. The first-order valence-corrected chi connectivity index (χ1v) is 15.2. The van der Waals surface area contributed by atoms with Gasteiger partial charge in [0, 0.05) is 18.8 Å². The molecule has 4 rings (SSSR count). The SMILES string of the molecule is O=C(C=Cc1ccccn1)N(CCCCC1CCN(C(c2ccccc2)c2ccccc2)CC1)CS(=O)(=O)O. The fourth-order valence-corrected chi connectivity index (χ4v) is 5.94. The lowest BCUT2D eigenvalue weighted by Crippen LogP contribution is -2.37. The minimum absolute atomic E-state index is 0.243. The average molecular weight is 548 g/mol. The highest BCUT2D eigenvalue weighted by Crippen LogP contribution is 2.33. The molecule has 0 unspecified atom stereocenters. The molecular weight excluding hydrogens is 510 g/mol. The van der Waals surface area contributed by atoms with Gasteiger partial charge in [-0.05, 0) is 67.6 Å². The lowest BCUT2D eigenvalue weighted by Gasteiger charge is -2.38. The first kappa shape index (κ1) is 28.7. The van der Waals surface area contributed by atoms with E-state index in [0.29, 0.717) is 18.0 Å². The Morgan fingerprint density at radius 2 is 1.56 bits per heavy atom. The molecule has 0 saturated carbocycles. The molecule has 0 atom stereocenters. The van der Waals surface area contributed by atoms with Crippen LogP contribution in [0.5, 0.6) is 0 Å². The molecule has 1 fully saturated rings. The van der Waals surface area contributed by atoms with Gasteiger partial charge in [0.15, 0.2) is 0 Å². The van der Waals surface area contributed by atoms with E-state index in [0.717, 1.165) is 38.8 Å². The second kappa shape index (κ2) is 14.2. The lowest BCUT2D eigenvalue weighted by molar-refractivity contribution is -0.125. The van der Waals surface area contributed by atoms with Crippen LogP contribution in [-0.4, -0.2) is 59.2 Å². The molecule has 7 nitrogen and oxygen atoms in total. The summed E-state index contributed by atoms with van der Waals surface area (Å²) >= 11 is 0. The van der Waals surface area contributed by atoms with Crippen LogP contribution >= 0.6 is 0 Å². The van der Waals surface area contributed by atoms with Crippen LogP contribution in [0.4, 0.5) is 0 Å². The summed E-state index contributed by atoms with van der Waals surface area (Å²) in [5, 5.41) is 0. The number of hydrogen-bond donors (Lipinski definition) is 1. The maximum absolute atomic E-state index is 12.7. The fraction of sp³-hybridized carbons (Fsp3) is 0.355. The number of hydrogen-bond acceptors (Lipinski definition) is 5. The smallest absolute Gasteiger partial charge is 0.283 e. The second-order valence-electron chi connectivity index (χ2n) is 10.1. The number of carbonyl (C=O) groups is 1. The van der Waals surface area contributed by atoms with Crippen molar-refractivity contribution in [3.63, 3.8) is 0 Å². The van der Waals surface area contributed by atoms with E-state index < -0.39 is 21.9 Å². The fourth-order valence-electron chi connectivity index (χ4n) is 5.29. The van der Waals surface area contributed by atoms with Crippen molar-refractivity contribution in [2.45, 2.75) is 38.1 Å². The van der Waals surface area contributed by atoms with Gasteiger partial charge in [0.2, 0.25) is 5.91 Å². The Bertz CT molecular complexity index is 1250. The van der Waals surface area contributed by atoms with E-state index in [2.05, 4.69) is 70.5 Å². The van der Waals surface area contributed by atoms with Crippen LogP contribution in [0.25, 0.3) is 6.08 Å². The quantitative estimate of drug-likeness (QED) is 0.184. The molecule has 1 aliphatic heterocycles. The van der Waals surface area contributed by atoms with E-state index in [1.165, 1.54) is 22.1 Å². The maximum atomic E-state index is 12.7. The molecule has 1 amide bonds. The second-order valence-corrected chi connectivity index (χ2v) is 11.5. The van der Waals surface area contributed by atoms with Crippen molar-refractivity contribution in [1.82, 2.24) is 14.8 Å². The largest absolute Gasteiger partial charge is 0.322 e. The minimum Gasteiger partial charge on any atom is -0.322 e. The van der Waals surface area contributed by atoms with E-state index >= 15 is 0 Å². The highest BCUT2D eigenvalue weighted by atomic mass is 32.2. The molecule has 2 heterocycles. The van der Waals surface area contributed by atoms with Crippen LogP contribution in [0, 0.1) is 5.92 Å². The van der Waals surface area contributed by atoms with Crippen molar-refractivity contribution in [1.29, 1.82) is 0 Å². The Balaban J connectivity index is 1.27. The third-order valence-corrected chi connectivity index (χ3v) is 7.89. The van der Waals surface area contributed by atoms with Crippen LogP contribution in [0.2, 0.25) is 0 Å². The van der Waals surface area contributed by atoms with Crippen molar-refractivity contribution >= 4 is 22.1 Å². The summed E-state index contributed by atoms with van der Waals surface area (Å²) < 4.78 is 32.4. The summed E-state index contributed by atoms with van der Waals surface area (Å²) in [5.41, 5.74) is 3.22. The first-order chi connectivity index (χ1) is 18.9. The zero-order valence-electron chi connectivity index (χ0n) is 22.2. The summed E-state index contributed by atoms with van der Waals surface area (Å²) in [5.74, 6) is -0.570. The summed E-state index contributed by atoms with van der Waals surface area (Å²) in [6.07, 6.45) is 9.29. The summed E-state index contributed by atoms with van der Waals surface area (Å²) in [6, 6.07) is 26.9. The molecule has 1 N–H and O–H groups in total. The van der Waals surface area contributed by atoms with E-state index in [4.69, 9.17) is 0 Å². The molecule has 1 aromatic heterocycles. The molecule has 0 radical (unpaired) electrons. The van der Waals surface area contributed by atoms with Gasteiger partial charge in [0.1, 0.15) is 5.88 Å². The number of benzene rings is 2. The number of carbonyl (C=O) groups excluding carboxylic acids is 1. The van der Waals surface area contributed by atoms with Gasteiger partial charge in [-0.1, -0.05) is 79.6 Å². The molecule has 1 aliphatic rings. The van der Waals surface area contributed by atoms with E-state index in [1.807, 2.05) is 0 Å². The average Bonchev–Trinajstić information content (AvgIpc) is 2.95. The molecule has 206 valence electrons. The summed E-state index contributed by atoms with van der Waals surface area (Å²) in [4.78, 5) is 20.5. The van der Waals surface area contributed by atoms with Crippen molar-refractivity contribution in [3.8, 4) is 0 Å². The zero-order chi connectivity index (χ0) is 27.5. The van der Waals surface area contributed by atoms with Gasteiger partial charge in [0.25, 0.3) is 10.1 Å². The molecule has 3 aromatic rings. The Labute approximate surface area is 231 Å². The van der Waals surface area contributed by atoms with Gasteiger partial charge < -0.3 is 4.90 Å². The van der Waals surface area contributed by atoms with E-state index in [9.17, 15) is 17.8 Å². The van der Waals surface area contributed by atoms with Gasteiger partial charge in [-0.25, -0.2) is 0 Å². The van der Waals surface area contributed by atoms with Gasteiger partial charge in [-0.3, -0.25) is 19.2 Å². The number of pyridine rings is 1.